The maximum absolute atomic E-state index is 5.26. The molecule has 0 aromatic carbocycles. The van der Waals surface area contributed by atoms with Crippen LogP contribution < -0.4 is 0 Å². The molecule has 0 unspecified atom stereocenters. The van der Waals surface area contributed by atoms with Crippen molar-refractivity contribution in [2.45, 2.75) is 38.9 Å². The van der Waals surface area contributed by atoms with Gasteiger partial charge in [0.15, 0.2) is 6.29 Å². The third kappa shape index (κ3) is 5.20. The van der Waals surface area contributed by atoms with Crippen LogP contribution in [0.4, 0.5) is 0 Å². The molecule has 0 aromatic rings. The van der Waals surface area contributed by atoms with Crippen molar-refractivity contribution >= 4 is 0 Å². The van der Waals surface area contributed by atoms with E-state index in [1.54, 1.807) is 0 Å². The van der Waals surface area contributed by atoms with Crippen molar-refractivity contribution in [1.29, 1.82) is 0 Å². The Morgan fingerprint density at radius 3 is 2.64 bits per heavy atom. The molecule has 0 saturated carbocycles. The Hall–Kier alpha value is -0.600. The van der Waals surface area contributed by atoms with Crippen LogP contribution >= 0.6 is 0 Å². The molecule has 1 fully saturated rings. The second-order valence-corrected chi connectivity index (χ2v) is 3.42. The Morgan fingerprint density at radius 1 is 1.14 bits per heavy atom. The topological polar surface area (TPSA) is 18.5 Å². The van der Waals surface area contributed by atoms with Gasteiger partial charge < -0.3 is 9.47 Å². The molecule has 0 aliphatic carbocycles. The number of hydrogen-bond acceptors (Lipinski definition) is 2. The molecule has 0 spiro atoms. The molecule has 0 aromatic heterocycles. The normalized spacial score (nSPS) is 18.9. The van der Waals surface area contributed by atoms with Crippen molar-refractivity contribution in [2.24, 2.45) is 0 Å². The molecule has 1 saturated heterocycles. The zero-order valence-corrected chi connectivity index (χ0v) is 8.95. The van der Waals surface area contributed by atoms with E-state index in [1.165, 1.54) is 25.7 Å². The highest BCUT2D eigenvalue weighted by atomic mass is 16.7. The van der Waals surface area contributed by atoms with Gasteiger partial charge in [-0.05, 0) is 18.9 Å². The maximum atomic E-state index is 5.26. The molecule has 2 heteroatoms. The predicted molar refractivity (Wildman–Crippen MR) is 58.1 cm³/mol. The largest absolute Gasteiger partial charge is 0.347 e. The first-order valence-corrected chi connectivity index (χ1v) is 5.50. The molecule has 0 amide bonds. The van der Waals surface area contributed by atoms with Crippen molar-refractivity contribution in [3.8, 4) is 0 Å². The van der Waals surface area contributed by atoms with Gasteiger partial charge in [0.1, 0.15) is 0 Å². The summed E-state index contributed by atoms with van der Waals surface area (Å²) in [6.07, 6.45) is 13.2. The van der Waals surface area contributed by atoms with Crippen LogP contribution in [0.2, 0.25) is 0 Å². The quantitative estimate of drug-likeness (QED) is 0.480. The highest BCUT2D eigenvalue weighted by molar-refractivity contribution is 5.03. The van der Waals surface area contributed by atoms with Crippen LogP contribution in [0.5, 0.6) is 0 Å². The number of hydrogen-bond donors (Lipinski definition) is 0. The third-order valence-electron chi connectivity index (χ3n) is 2.14. The van der Waals surface area contributed by atoms with Crippen molar-refractivity contribution < 1.29 is 9.47 Å². The summed E-state index contributed by atoms with van der Waals surface area (Å²) < 4.78 is 10.5. The second-order valence-electron chi connectivity index (χ2n) is 3.42. The fourth-order valence-electron chi connectivity index (χ4n) is 1.33. The summed E-state index contributed by atoms with van der Waals surface area (Å²) in [6.45, 7) is 3.66. The van der Waals surface area contributed by atoms with Gasteiger partial charge in [-0.15, -0.1) is 0 Å². The minimum absolute atomic E-state index is 0.115. The summed E-state index contributed by atoms with van der Waals surface area (Å²) in [5, 5.41) is 0. The molecule has 0 bridgehead atoms. The number of unbranched alkanes of at least 4 members (excludes halogenated alkanes) is 3. The van der Waals surface area contributed by atoms with Crippen molar-refractivity contribution in [3.63, 3.8) is 0 Å². The van der Waals surface area contributed by atoms with Gasteiger partial charge in [0.25, 0.3) is 0 Å². The standard InChI is InChI=1S/C12H20O2/c1-2-3-4-5-6-7-8-9-12-13-10-11-14-12/h6-9,12H,2-5,10-11H2,1H3/b7-6+,9-8+. The van der Waals surface area contributed by atoms with E-state index in [4.69, 9.17) is 9.47 Å². The molecular formula is C12H20O2. The van der Waals surface area contributed by atoms with Crippen LogP contribution in [0.15, 0.2) is 24.3 Å². The molecule has 1 aliphatic heterocycles. The third-order valence-corrected chi connectivity index (χ3v) is 2.14. The summed E-state index contributed by atoms with van der Waals surface area (Å²) in [7, 11) is 0. The smallest absolute Gasteiger partial charge is 0.177 e. The Balaban J connectivity index is 2.00. The first kappa shape index (κ1) is 11.5. The molecule has 14 heavy (non-hydrogen) atoms. The zero-order valence-electron chi connectivity index (χ0n) is 8.95. The molecule has 0 N–H and O–H groups in total. The van der Waals surface area contributed by atoms with Crippen LogP contribution in [0, 0.1) is 0 Å². The summed E-state index contributed by atoms with van der Waals surface area (Å²) in [5.74, 6) is 0. The zero-order chi connectivity index (χ0) is 10.1. The van der Waals surface area contributed by atoms with Gasteiger partial charge in [0, 0.05) is 0 Å². The Labute approximate surface area is 86.6 Å². The molecule has 1 aliphatic rings. The van der Waals surface area contributed by atoms with Gasteiger partial charge in [-0.25, -0.2) is 0 Å². The average Bonchev–Trinajstić information content (AvgIpc) is 2.69. The van der Waals surface area contributed by atoms with Crippen molar-refractivity contribution in [1.82, 2.24) is 0 Å². The lowest BCUT2D eigenvalue weighted by molar-refractivity contribution is -0.00152. The van der Waals surface area contributed by atoms with E-state index >= 15 is 0 Å². The Bertz CT molecular complexity index is 179. The molecule has 1 rings (SSSR count). The maximum Gasteiger partial charge on any atom is 0.177 e. The minimum Gasteiger partial charge on any atom is -0.347 e. The van der Waals surface area contributed by atoms with E-state index in [1.807, 2.05) is 12.2 Å². The number of rotatable bonds is 6. The molecular weight excluding hydrogens is 176 g/mol. The molecule has 80 valence electrons. The van der Waals surface area contributed by atoms with Crippen LogP contribution in [0.1, 0.15) is 32.6 Å². The Kier molecular flexibility index (Phi) is 6.37. The van der Waals surface area contributed by atoms with Gasteiger partial charge >= 0.3 is 0 Å². The number of allylic oxidation sites excluding steroid dienone is 3. The summed E-state index contributed by atoms with van der Waals surface area (Å²) in [5.41, 5.74) is 0. The highest BCUT2D eigenvalue weighted by Crippen LogP contribution is 2.05. The Morgan fingerprint density at radius 2 is 1.93 bits per heavy atom. The molecule has 2 nitrogen and oxygen atoms in total. The molecule has 1 heterocycles. The van der Waals surface area contributed by atoms with Crippen LogP contribution in [-0.2, 0) is 9.47 Å². The monoisotopic (exact) mass is 196 g/mol. The predicted octanol–water partition coefficient (Wildman–Crippen LogP) is 3.05. The second kappa shape index (κ2) is 7.77. The number of ether oxygens (including phenoxy) is 2. The fourth-order valence-corrected chi connectivity index (χ4v) is 1.33. The summed E-state index contributed by atoms with van der Waals surface area (Å²) in [6, 6.07) is 0. The van der Waals surface area contributed by atoms with E-state index in [0.29, 0.717) is 0 Å². The first-order valence-electron chi connectivity index (χ1n) is 5.50. The lowest BCUT2D eigenvalue weighted by atomic mass is 10.2. The van der Waals surface area contributed by atoms with E-state index in [9.17, 15) is 0 Å². The SMILES string of the molecule is CCCCC/C=C/C=C/C1OCCO1. The van der Waals surface area contributed by atoms with Gasteiger partial charge in [0.05, 0.1) is 13.2 Å². The fraction of sp³-hybridized carbons (Fsp3) is 0.667. The summed E-state index contributed by atoms with van der Waals surface area (Å²) >= 11 is 0. The van der Waals surface area contributed by atoms with Gasteiger partial charge in [-0.3, -0.25) is 0 Å². The molecule has 0 radical (unpaired) electrons. The average molecular weight is 196 g/mol. The van der Waals surface area contributed by atoms with Gasteiger partial charge in [0.2, 0.25) is 0 Å². The first-order chi connectivity index (χ1) is 6.93. The summed E-state index contributed by atoms with van der Waals surface area (Å²) in [4.78, 5) is 0. The van der Waals surface area contributed by atoms with Crippen LogP contribution in [0.25, 0.3) is 0 Å². The van der Waals surface area contributed by atoms with Crippen LogP contribution in [0.3, 0.4) is 0 Å². The van der Waals surface area contributed by atoms with Gasteiger partial charge in [-0.2, -0.15) is 0 Å². The van der Waals surface area contributed by atoms with Crippen molar-refractivity contribution in [2.75, 3.05) is 13.2 Å². The van der Waals surface area contributed by atoms with Gasteiger partial charge in [-0.1, -0.05) is 38.0 Å². The van der Waals surface area contributed by atoms with E-state index in [-0.39, 0.29) is 6.29 Å². The molecule has 0 atom stereocenters. The highest BCUT2D eigenvalue weighted by Gasteiger charge is 2.10. The van der Waals surface area contributed by atoms with Crippen LogP contribution in [-0.4, -0.2) is 19.5 Å². The lowest BCUT2D eigenvalue weighted by Crippen LogP contribution is -2.01. The lowest BCUT2D eigenvalue weighted by Gasteiger charge is -1.99. The minimum atomic E-state index is -0.115. The van der Waals surface area contributed by atoms with E-state index in [2.05, 4.69) is 19.1 Å². The van der Waals surface area contributed by atoms with E-state index < -0.39 is 0 Å². The van der Waals surface area contributed by atoms with Crippen molar-refractivity contribution in [3.05, 3.63) is 24.3 Å². The van der Waals surface area contributed by atoms with E-state index in [0.717, 1.165) is 13.2 Å².